The number of rotatable bonds is 7. The molecule has 0 aliphatic heterocycles. The van der Waals surface area contributed by atoms with Crippen LogP contribution in [0.2, 0.25) is 0 Å². The van der Waals surface area contributed by atoms with E-state index in [-0.39, 0.29) is 17.2 Å². The molecule has 32 heavy (non-hydrogen) atoms. The number of hydrogen-bond acceptors (Lipinski definition) is 4. The highest BCUT2D eigenvalue weighted by atomic mass is 32.2. The highest BCUT2D eigenvalue weighted by Crippen LogP contribution is 2.23. The molecule has 0 aliphatic carbocycles. The van der Waals surface area contributed by atoms with E-state index in [1.807, 2.05) is 36.4 Å². The van der Waals surface area contributed by atoms with E-state index in [2.05, 4.69) is 10.4 Å². The molecule has 0 saturated carbocycles. The molecule has 4 rings (SSSR count). The van der Waals surface area contributed by atoms with Crippen LogP contribution in [-0.2, 0) is 21.2 Å². The van der Waals surface area contributed by atoms with Crippen LogP contribution in [0.5, 0.6) is 0 Å². The Bertz CT molecular complexity index is 1320. The highest BCUT2D eigenvalue weighted by Gasteiger charge is 2.21. The molecule has 0 radical (unpaired) electrons. The number of nitrogens with zero attached hydrogens (tertiary/aromatic N) is 3. The van der Waals surface area contributed by atoms with Crippen molar-refractivity contribution in [3.05, 3.63) is 103 Å². The first-order chi connectivity index (χ1) is 15.4. The number of carbonyl (C=O) groups excluding carboxylic acids is 1. The lowest BCUT2D eigenvalue weighted by Gasteiger charge is -2.19. The number of nitrogens with one attached hydrogen (secondary N) is 1. The molecule has 0 bridgehead atoms. The third-order valence-corrected chi connectivity index (χ3v) is 6.70. The van der Waals surface area contributed by atoms with Crippen LogP contribution < -0.4 is 9.62 Å². The largest absolute Gasteiger partial charge is 0.326 e. The van der Waals surface area contributed by atoms with Gasteiger partial charge in [-0.2, -0.15) is 5.10 Å². The van der Waals surface area contributed by atoms with Crippen LogP contribution in [0, 0.1) is 0 Å². The maximum atomic E-state index is 13.0. The van der Waals surface area contributed by atoms with E-state index in [0.29, 0.717) is 11.4 Å². The second-order valence-electron chi connectivity index (χ2n) is 7.19. The highest BCUT2D eigenvalue weighted by molar-refractivity contribution is 7.92. The summed E-state index contributed by atoms with van der Waals surface area (Å²) in [5.74, 6) is -0.261. The zero-order valence-electron chi connectivity index (χ0n) is 17.4. The van der Waals surface area contributed by atoms with Crippen molar-refractivity contribution in [3.63, 3.8) is 0 Å². The van der Waals surface area contributed by atoms with E-state index in [0.717, 1.165) is 11.3 Å². The maximum Gasteiger partial charge on any atom is 0.264 e. The molecule has 4 aromatic rings. The van der Waals surface area contributed by atoms with E-state index < -0.39 is 10.0 Å². The quantitative estimate of drug-likeness (QED) is 0.467. The predicted molar refractivity (Wildman–Crippen MR) is 124 cm³/mol. The van der Waals surface area contributed by atoms with Crippen LogP contribution in [-0.4, -0.2) is 31.2 Å². The van der Waals surface area contributed by atoms with Gasteiger partial charge >= 0.3 is 0 Å². The molecule has 3 aromatic carbocycles. The van der Waals surface area contributed by atoms with Gasteiger partial charge in [0.05, 0.1) is 28.9 Å². The van der Waals surface area contributed by atoms with Gasteiger partial charge in [0.15, 0.2) is 0 Å². The van der Waals surface area contributed by atoms with Crippen LogP contribution in [0.25, 0.3) is 5.69 Å². The lowest BCUT2D eigenvalue weighted by atomic mass is 10.2. The summed E-state index contributed by atoms with van der Waals surface area (Å²) in [6, 6.07) is 24.7. The number of sulfonamides is 1. The van der Waals surface area contributed by atoms with Crippen LogP contribution >= 0.6 is 0 Å². The van der Waals surface area contributed by atoms with E-state index in [4.69, 9.17) is 0 Å². The summed E-state index contributed by atoms with van der Waals surface area (Å²) in [4.78, 5) is 12.6. The molecule has 0 saturated heterocycles. The van der Waals surface area contributed by atoms with Crippen molar-refractivity contribution >= 4 is 27.3 Å². The van der Waals surface area contributed by atoms with Gasteiger partial charge in [-0.1, -0.05) is 42.5 Å². The van der Waals surface area contributed by atoms with Crippen LogP contribution in [0.3, 0.4) is 0 Å². The van der Waals surface area contributed by atoms with Gasteiger partial charge < -0.3 is 5.32 Å². The van der Waals surface area contributed by atoms with E-state index in [1.165, 1.54) is 23.5 Å². The SMILES string of the molecule is CN(c1ccccc1)S(=O)(=O)c1cccc(NC(=O)Cc2cnn(-c3ccccc3)c2)c1. The number of aromatic nitrogens is 2. The minimum absolute atomic E-state index is 0.0959. The molecule has 8 heteroatoms. The molecule has 1 amide bonds. The topological polar surface area (TPSA) is 84.3 Å². The summed E-state index contributed by atoms with van der Waals surface area (Å²) in [6.45, 7) is 0. The lowest BCUT2D eigenvalue weighted by molar-refractivity contribution is -0.115. The van der Waals surface area contributed by atoms with Crippen molar-refractivity contribution in [1.29, 1.82) is 0 Å². The summed E-state index contributed by atoms with van der Waals surface area (Å²) in [6.07, 6.45) is 3.56. The van der Waals surface area contributed by atoms with E-state index in [9.17, 15) is 13.2 Å². The van der Waals surface area contributed by atoms with E-state index >= 15 is 0 Å². The summed E-state index contributed by atoms with van der Waals surface area (Å²) >= 11 is 0. The van der Waals surface area contributed by atoms with Crippen LogP contribution in [0.1, 0.15) is 5.56 Å². The van der Waals surface area contributed by atoms with E-state index in [1.54, 1.807) is 53.5 Å². The number of benzene rings is 3. The number of amides is 1. The fourth-order valence-corrected chi connectivity index (χ4v) is 4.47. The minimum atomic E-state index is -3.77. The molecule has 0 aliphatic rings. The van der Waals surface area contributed by atoms with Crippen molar-refractivity contribution in [3.8, 4) is 5.69 Å². The first-order valence-corrected chi connectivity index (χ1v) is 11.4. The molecular weight excluding hydrogens is 424 g/mol. The molecule has 7 nitrogen and oxygen atoms in total. The zero-order chi connectivity index (χ0) is 22.6. The fraction of sp³-hybridized carbons (Fsp3) is 0.0833. The second kappa shape index (κ2) is 9.07. The van der Waals surface area contributed by atoms with Gasteiger partial charge in [-0.3, -0.25) is 9.10 Å². The molecule has 1 heterocycles. The van der Waals surface area contributed by atoms with Crippen LogP contribution in [0.4, 0.5) is 11.4 Å². The summed E-state index contributed by atoms with van der Waals surface area (Å²) in [5, 5.41) is 7.06. The average molecular weight is 447 g/mol. The van der Waals surface area contributed by atoms with Gasteiger partial charge in [0, 0.05) is 18.9 Å². The molecule has 0 fully saturated rings. The Hall–Kier alpha value is -3.91. The first-order valence-electron chi connectivity index (χ1n) is 9.96. The second-order valence-corrected chi connectivity index (χ2v) is 9.16. The zero-order valence-corrected chi connectivity index (χ0v) is 18.2. The first kappa shape index (κ1) is 21.3. The average Bonchev–Trinajstić information content (AvgIpc) is 3.28. The smallest absolute Gasteiger partial charge is 0.264 e. The summed E-state index contributed by atoms with van der Waals surface area (Å²) in [7, 11) is -2.27. The molecule has 1 aromatic heterocycles. The molecule has 0 unspecified atom stereocenters. The van der Waals surface area contributed by atoms with Crippen molar-refractivity contribution < 1.29 is 13.2 Å². The Morgan fingerprint density at radius 1 is 0.969 bits per heavy atom. The minimum Gasteiger partial charge on any atom is -0.326 e. The number of anilines is 2. The third-order valence-electron chi connectivity index (χ3n) is 4.92. The third kappa shape index (κ3) is 4.70. The molecule has 162 valence electrons. The van der Waals surface area contributed by atoms with Crippen molar-refractivity contribution in [1.82, 2.24) is 9.78 Å². The molecular formula is C24H22N4O3S. The predicted octanol–water partition coefficient (Wildman–Crippen LogP) is 3.88. The summed E-state index contributed by atoms with van der Waals surface area (Å²) < 4.78 is 28.9. The fourth-order valence-electron chi connectivity index (χ4n) is 3.23. The van der Waals surface area contributed by atoms with Gasteiger partial charge in [0.2, 0.25) is 5.91 Å². The Labute approximate surface area is 187 Å². The number of para-hydroxylation sites is 2. The Kier molecular flexibility index (Phi) is 6.04. The van der Waals surface area contributed by atoms with Crippen molar-refractivity contribution in [2.24, 2.45) is 0 Å². The van der Waals surface area contributed by atoms with Gasteiger partial charge in [-0.15, -0.1) is 0 Å². The Morgan fingerprint density at radius 2 is 1.66 bits per heavy atom. The van der Waals surface area contributed by atoms with Gasteiger partial charge in [-0.25, -0.2) is 13.1 Å². The van der Waals surface area contributed by atoms with Crippen LogP contribution in [0.15, 0.2) is 102 Å². The standard InChI is InChI=1S/C24H22N4O3S/c1-27(21-10-4-2-5-11-21)32(30,31)23-14-8-9-20(16-23)26-24(29)15-19-17-25-28(18-19)22-12-6-3-7-13-22/h2-14,16-18H,15H2,1H3,(H,26,29). The molecule has 0 spiro atoms. The molecule has 1 N–H and O–H groups in total. The Balaban J connectivity index is 1.46. The van der Waals surface area contributed by atoms with Crippen molar-refractivity contribution in [2.75, 3.05) is 16.7 Å². The monoisotopic (exact) mass is 446 g/mol. The molecule has 0 atom stereocenters. The number of hydrogen-bond donors (Lipinski definition) is 1. The van der Waals surface area contributed by atoms with Gasteiger partial charge in [-0.05, 0) is 48.0 Å². The lowest BCUT2D eigenvalue weighted by Crippen LogP contribution is -2.26. The van der Waals surface area contributed by atoms with Crippen molar-refractivity contribution in [2.45, 2.75) is 11.3 Å². The normalized spacial score (nSPS) is 11.2. The van der Waals surface area contributed by atoms with Gasteiger partial charge in [0.25, 0.3) is 10.0 Å². The number of carbonyl (C=O) groups is 1. The summed E-state index contributed by atoms with van der Waals surface area (Å²) in [5.41, 5.74) is 2.61. The maximum absolute atomic E-state index is 13.0. The Morgan fingerprint density at radius 3 is 2.38 bits per heavy atom. The van der Waals surface area contributed by atoms with Gasteiger partial charge in [0.1, 0.15) is 0 Å².